The van der Waals surface area contributed by atoms with Crippen LogP contribution in [0.15, 0.2) is 83.4 Å². The number of hydrogen-bond acceptors (Lipinski definition) is 8. The van der Waals surface area contributed by atoms with Gasteiger partial charge in [-0.25, -0.2) is 14.6 Å². The fraction of sp³-hybridized carbons (Fsp3) is 0.241. The summed E-state index contributed by atoms with van der Waals surface area (Å²) in [7, 11) is 1.57. The van der Waals surface area contributed by atoms with E-state index in [2.05, 4.69) is 4.99 Å². The maximum Gasteiger partial charge on any atom is 0.410 e. The maximum absolute atomic E-state index is 12.7. The highest BCUT2D eigenvalue weighted by atomic mass is 32.1. The lowest BCUT2D eigenvalue weighted by Crippen LogP contribution is -2.59. The lowest BCUT2D eigenvalue weighted by Gasteiger charge is -2.32. The van der Waals surface area contributed by atoms with Gasteiger partial charge in [0.15, 0.2) is 0 Å². The Morgan fingerprint density at radius 3 is 2.31 bits per heavy atom. The zero-order chi connectivity index (χ0) is 28.2. The van der Waals surface area contributed by atoms with Crippen LogP contribution in [0.5, 0.6) is 5.75 Å². The van der Waals surface area contributed by atoms with Gasteiger partial charge in [-0.1, -0.05) is 18.2 Å². The molecule has 2 amide bonds. The van der Waals surface area contributed by atoms with E-state index < -0.39 is 28.2 Å². The fourth-order valence-corrected chi connectivity index (χ4v) is 4.70. The summed E-state index contributed by atoms with van der Waals surface area (Å²) < 4.78 is 10.1. The van der Waals surface area contributed by atoms with Crippen LogP contribution in [0.25, 0.3) is 10.4 Å². The third kappa shape index (κ3) is 6.24. The first-order chi connectivity index (χ1) is 18.5. The number of amides is 2. The van der Waals surface area contributed by atoms with E-state index in [0.717, 1.165) is 10.4 Å². The van der Waals surface area contributed by atoms with E-state index >= 15 is 0 Å². The highest BCUT2D eigenvalue weighted by molar-refractivity contribution is 7.13. The number of rotatable bonds is 7. The molecule has 9 nitrogen and oxygen atoms in total. The number of nitrogens with zero attached hydrogens (tertiary/aromatic N) is 3. The van der Waals surface area contributed by atoms with Crippen molar-refractivity contribution in [1.82, 2.24) is 9.38 Å². The number of amidine groups is 1. The molecule has 2 aromatic carbocycles. The summed E-state index contributed by atoms with van der Waals surface area (Å²) in [5.41, 5.74) is 1.09. The summed E-state index contributed by atoms with van der Waals surface area (Å²) in [5.74, 6) is -0.00679. The summed E-state index contributed by atoms with van der Waals surface area (Å²) in [5, 5.41) is 14.4. The molecular weight excluding hydrogens is 518 g/mol. The van der Waals surface area contributed by atoms with Crippen molar-refractivity contribution in [2.24, 2.45) is 4.99 Å². The van der Waals surface area contributed by atoms with Gasteiger partial charge in [-0.3, -0.25) is 0 Å². The average Bonchev–Trinajstić information content (AvgIpc) is 3.58. The van der Waals surface area contributed by atoms with E-state index in [-0.39, 0.29) is 24.6 Å². The van der Waals surface area contributed by atoms with Gasteiger partial charge in [-0.2, -0.15) is 4.48 Å². The molecule has 1 atom stereocenters. The number of carbonyl (C=O) groups is 3. The van der Waals surface area contributed by atoms with Gasteiger partial charge in [0.05, 0.1) is 18.2 Å². The molecule has 4 rings (SSSR count). The number of carboxylic acid groups (broad SMARTS) is 1. The number of thiophene rings is 1. The Balaban J connectivity index is 1.44. The number of benzene rings is 2. The third-order valence-corrected chi connectivity index (χ3v) is 6.88. The second-order valence-corrected chi connectivity index (χ2v) is 10.9. The van der Waals surface area contributed by atoms with Gasteiger partial charge >= 0.3 is 12.1 Å². The van der Waals surface area contributed by atoms with Crippen molar-refractivity contribution in [1.29, 1.82) is 0 Å². The number of hydrogen-bond donors (Lipinski definition) is 0. The van der Waals surface area contributed by atoms with Gasteiger partial charge in [-0.05, 0) is 62.0 Å². The molecule has 3 aromatic rings. The van der Waals surface area contributed by atoms with Crippen molar-refractivity contribution in [3.05, 3.63) is 84.0 Å². The molecule has 1 aliphatic heterocycles. The van der Waals surface area contributed by atoms with Gasteiger partial charge in [0.1, 0.15) is 23.2 Å². The van der Waals surface area contributed by atoms with E-state index in [1.807, 2.05) is 29.6 Å². The van der Waals surface area contributed by atoms with Crippen LogP contribution < -0.4 is 14.3 Å². The monoisotopic (exact) mass is 547 g/mol. The highest BCUT2D eigenvalue weighted by Gasteiger charge is 2.41. The zero-order valence-corrected chi connectivity index (χ0v) is 22.9. The van der Waals surface area contributed by atoms with Crippen LogP contribution >= 0.6 is 11.3 Å². The SMILES string of the molecule is CN(CCC1=NC=C[N+]1(C(=O)[O-])c1ccc(OC(=O)c2ccc(-c3cccs3)cc2)cc1)C(=O)OC(C)(C)C. The molecule has 0 saturated carbocycles. The van der Waals surface area contributed by atoms with E-state index in [1.165, 1.54) is 29.4 Å². The van der Waals surface area contributed by atoms with Gasteiger partial charge in [0.25, 0.3) is 6.09 Å². The van der Waals surface area contributed by atoms with E-state index in [1.54, 1.807) is 63.4 Å². The Labute approximate surface area is 230 Å². The minimum absolute atomic E-state index is 0.162. The van der Waals surface area contributed by atoms with Crippen molar-refractivity contribution in [2.75, 3.05) is 13.6 Å². The summed E-state index contributed by atoms with van der Waals surface area (Å²) >= 11 is 1.61. The predicted molar refractivity (Wildman–Crippen MR) is 148 cm³/mol. The van der Waals surface area contributed by atoms with Crippen molar-refractivity contribution in [2.45, 2.75) is 32.8 Å². The number of esters is 1. The molecule has 1 aliphatic rings. The van der Waals surface area contributed by atoms with Crippen molar-refractivity contribution < 1.29 is 29.0 Å². The Kier molecular flexibility index (Phi) is 7.98. The summed E-state index contributed by atoms with van der Waals surface area (Å²) in [6.07, 6.45) is 1.03. The van der Waals surface area contributed by atoms with Gasteiger partial charge < -0.3 is 24.3 Å². The summed E-state index contributed by atoms with van der Waals surface area (Å²) in [6.45, 7) is 5.49. The van der Waals surface area contributed by atoms with E-state index in [9.17, 15) is 19.5 Å². The first-order valence-electron chi connectivity index (χ1n) is 12.3. The third-order valence-electron chi connectivity index (χ3n) is 5.97. The Morgan fingerprint density at radius 2 is 1.72 bits per heavy atom. The average molecular weight is 548 g/mol. The molecule has 0 fully saturated rings. The second kappa shape index (κ2) is 11.2. The van der Waals surface area contributed by atoms with Crippen LogP contribution in [-0.4, -0.2) is 48.1 Å². The minimum Gasteiger partial charge on any atom is -0.497 e. The fourth-order valence-electron chi connectivity index (χ4n) is 3.97. The largest absolute Gasteiger partial charge is 0.497 e. The zero-order valence-electron chi connectivity index (χ0n) is 22.1. The highest BCUT2D eigenvalue weighted by Crippen LogP contribution is 2.32. The van der Waals surface area contributed by atoms with Crippen LogP contribution in [0.3, 0.4) is 0 Å². The molecule has 0 saturated heterocycles. The van der Waals surface area contributed by atoms with Gasteiger partial charge in [0, 0.05) is 30.6 Å². The molecular formula is C29H29N3O6S. The van der Waals surface area contributed by atoms with Crippen LogP contribution in [-0.2, 0) is 4.74 Å². The molecule has 2 heterocycles. The van der Waals surface area contributed by atoms with E-state index in [4.69, 9.17) is 9.47 Å². The minimum atomic E-state index is -1.40. The number of aliphatic imine (C=N–C) groups is 1. The first-order valence-corrected chi connectivity index (χ1v) is 13.1. The second-order valence-electron chi connectivity index (χ2n) is 9.92. The smallest absolute Gasteiger partial charge is 0.410 e. The van der Waals surface area contributed by atoms with Crippen LogP contribution in [0, 0.1) is 0 Å². The van der Waals surface area contributed by atoms with Crippen LogP contribution in [0.2, 0.25) is 0 Å². The molecule has 0 N–H and O–H groups in total. The lowest BCUT2D eigenvalue weighted by molar-refractivity contribution is -0.257. The molecule has 202 valence electrons. The van der Waals surface area contributed by atoms with Crippen molar-refractivity contribution >= 4 is 41.0 Å². The number of quaternary nitrogens is 1. The molecule has 10 heteroatoms. The summed E-state index contributed by atoms with van der Waals surface area (Å²) in [6, 6.07) is 17.2. The lowest BCUT2D eigenvalue weighted by atomic mass is 10.1. The van der Waals surface area contributed by atoms with Crippen LogP contribution in [0.1, 0.15) is 37.6 Å². The van der Waals surface area contributed by atoms with Crippen molar-refractivity contribution in [3.63, 3.8) is 0 Å². The maximum atomic E-state index is 12.7. The van der Waals surface area contributed by atoms with Gasteiger partial charge in [-0.15, -0.1) is 11.3 Å². The van der Waals surface area contributed by atoms with E-state index in [0.29, 0.717) is 11.3 Å². The number of carbonyl (C=O) groups excluding carboxylic acids is 3. The Hall–Kier alpha value is -4.28. The molecule has 0 bridgehead atoms. The molecule has 39 heavy (non-hydrogen) atoms. The first kappa shape index (κ1) is 27.7. The number of ether oxygens (including phenoxy) is 2. The molecule has 0 aliphatic carbocycles. The van der Waals surface area contributed by atoms with Crippen molar-refractivity contribution in [3.8, 4) is 16.2 Å². The molecule has 1 unspecified atom stereocenters. The Morgan fingerprint density at radius 1 is 1.03 bits per heavy atom. The normalized spacial score (nSPS) is 16.5. The molecule has 0 spiro atoms. The predicted octanol–water partition coefficient (Wildman–Crippen LogP) is 5.43. The molecule has 1 aromatic heterocycles. The molecule has 0 radical (unpaired) electrons. The Bertz CT molecular complexity index is 1410. The quantitative estimate of drug-likeness (QED) is 0.222. The standard InChI is InChI=1S/C29H29N3O6S/c1-29(2,3)38-27(34)31(4)17-15-25-30-16-18-32(25,28(35)36)22-11-13-23(14-12-22)37-26(33)21-9-7-20(8-10-21)24-6-5-19-39-24/h5-14,16,18-19H,15,17H2,1-4H3. The topological polar surface area (TPSA) is 108 Å². The van der Waals surface area contributed by atoms with Gasteiger partial charge in [0.2, 0.25) is 5.84 Å². The summed E-state index contributed by atoms with van der Waals surface area (Å²) in [4.78, 5) is 44.1. The van der Waals surface area contributed by atoms with Crippen LogP contribution in [0.4, 0.5) is 15.3 Å².